The quantitative estimate of drug-likeness (QED) is 0.200. The minimum atomic E-state index is -0.975. The third-order valence-electron chi connectivity index (χ3n) is 0.340. The first-order chi connectivity index (χ1) is 2.64. The summed E-state index contributed by atoms with van der Waals surface area (Å²) in [7, 11) is 0. The fourth-order valence-electron chi connectivity index (χ4n) is 0. The summed E-state index contributed by atoms with van der Waals surface area (Å²) in [6, 6.07) is 0. The van der Waals surface area contributed by atoms with Crippen LogP contribution < -0.4 is 29.6 Å². The summed E-state index contributed by atoms with van der Waals surface area (Å²) >= 11 is 5.01. The fraction of sp³-hybridized carbons (Fsp3) is 0.667. The molecule has 0 aliphatic heterocycles. The van der Waals surface area contributed by atoms with Crippen LogP contribution in [0.5, 0.6) is 0 Å². The zero-order valence-corrected chi connectivity index (χ0v) is 8.41. The van der Waals surface area contributed by atoms with E-state index in [1.807, 2.05) is 0 Å². The summed E-state index contributed by atoms with van der Waals surface area (Å²) in [5.74, 6) is -0.975. The molecular formula is C3H6ClNaO2S. The van der Waals surface area contributed by atoms with Crippen molar-refractivity contribution in [1.82, 2.24) is 0 Å². The predicted octanol–water partition coefficient (Wildman–Crippen LogP) is -2.57. The summed E-state index contributed by atoms with van der Waals surface area (Å²) < 4.78 is 0. The zero-order chi connectivity index (χ0) is 5.15. The largest absolute Gasteiger partial charge is 1.00 e. The van der Waals surface area contributed by atoms with Crippen LogP contribution in [0.3, 0.4) is 0 Å². The predicted molar refractivity (Wildman–Crippen MR) is 31.7 cm³/mol. The van der Waals surface area contributed by atoms with Crippen molar-refractivity contribution in [3.8, 4) is 0 Å². The minimum Gasteiger partial charge on any atom is -0.813 e. The number of thiol groups is 1. The number of hydrogen-bond acceptors (Lipinski definition) is 2. The van der Waals surface area contributed by atoms with Crippen LogP contribution in [0.25, 0.3) is 0 Å². The van der Waals surface area contributed by atoms with Gasteiger partial charge in [-0.15, -0.1) is 11.6 Å². The summed E-state index contributed by atoms with van der Waals surface area (Å²) in [5, 5.41) is 7.10. The van der Waals surface area contributed by atoms with Crippen molar-refractivity contribution in [2.45, 2.75) is 12.3 Å². The van der Waals surface area contributed by atoms with Crippen LogP contribution in [0, 0.1) is 0 Å². The maximum absolute atomic E-state index is 9.57. The maximum Gasteiger partial charge on any atom is 1.00 e. The molecule has 0 aromatic heterocycles. The molecule has 1 atom stereocenters. The van der Waals surface area contributed by atoms with Crippen molar-refractivity contribution < 1.29 is 39.5 Å². The standard InChI is InChI=1S/C3H5ClO2.Na.H2S/c1-2(4)3(5)6;;/h2H,1H3,(H,5,6);;1H2/q;+1;/p-1. The van der Waals surface area contributed by atoms with Gasteiger partial charge in [0, 0.05) is 0 Å². The second kappa shape index (κ2) is 8.11. The molecule has 1 N–H and O–H groups in total. The molecule has 44 valence electrons. The Kier molecular flexibility index (Phi) is 16.3. The molecule has 0 saturated heterocycles. The van der Waals surface area contributed by atoms with Crippen molar-refractivity contribution in [2.75, 3.05) is 0 Å². The van der Waals surface area contributed by atoms with Gasteiger partial charge in [-0.3, -0.25) is 4.79 Å². The summed E-state index contributed by atoms with van der Waals surface area (Å²) in [6.07, 6.45) is 0. The topological polar surface area (TPSA) is 37.3 Å². The van der Waals surface area contributed by atoms with Crippen LogP contribution in [-0.4, -0.2) is 16.5 Å². The second-order valence-electron chi connectivity index (χ2n) is 0.954. The van der Waals surface area contributed by atoms with Gasteiger partial charge in [0.2, 0.25) is 0 Å². The Morgan fingerprint density at radius 3 is 1.88 bits per heavy atom. The van der Waals surface area contributed by atoms with E-state index in [-0.39, 0.29) is 43.1 Å². The molecule has 0 radical (unpaired) electrons. The van der Waals surface area contributed by atoms with Gasteiger partial charge < -0.3 is 18.6 Å². The van der Waals surface area contributed by atoms with E-state index in [9.17, 15) is 4.79 Å². The van der Waals surface area contributed by atoms with Crippen molar-refractivity contribution in [1.29, 1.82) is 0 Å². The average Bonchev–Trinajstić information content (AvgIpc) is 1.36. The normalized spacial score (nSPS) is 10.2. The van der Waals surface area contributed by atoms with Crippen molar-refractivity contribution in [3.05, 3.63) is 0 Å². The molecular weight excluding hydrogens is 159 g/mol. The van der Waals surface area contributed by atoms with E-state index < -0.39 is 11.3 Å². The Bertz CT molecular complexity index is 68.3. The number of rotatable bonds is 1. The molecule has 2 nitrogen and oxygen atoms in total. The van der Waals surface area contributed by atoms with Gasteiger partial charge in [0.25, 0.3) is 0 Å². The van der Waals surface area contributed by atoms with Crippen LogP contribution in [-0.2, 0) is 18.3 Å². The monoisotopic (exact) mass is 164 g/mol. The van der Waals surface area contributed by atoms with E-state index in [0.717, 1.165) is 0 Å². The fourth-order valence-corrected chi connectivity index (χ4v) is 0. The van der Waals surface area contributed by atoms with Crippen LogP contribution >= 0.6 is 11.6 Å². The molecule has 0 spiro atoms. The van der Waals surface area contributed by atoms with Gasteiger partial charge >= 0.3 is 35.5 Å². The van der Waals surface area contributed by atoms with Gasteiger partial charge in [-0.1, -0.05) is 0 Å². The number of carboxylic acids is 1. The van der Waals surface area contributed by atoms with Gasteiger partial charge in [-0.2, -0.15) is 0 Å². The molecule has 8 heavy (non-hydrogen) atoms. The molecule has 0 heterocycles. The van der Waals surface area contributed by atoms with Crippen LogP contribution in [0.1, 0.15) is 6.92 Å². The molecule has 0 saturated carbocycles. The second-order valence-corrected chi connectivity index (χ2v) is 1.61. The molecule has 0 amide bonds. The molecule has 1 unspecified atom stereocenters. The molecule has 0 fully saturated rings. The first-order valence-electron chi connectivity index (χ1n) is 1.51. The molecule has 0 aliphatic rings. The van der Waals surface area contributed by atoms with E-state index in [1.54, 1.807) is 0 Å². The van der Waals surface area contributed by atoms with Crippen LogP contribution in [0.2, 0.25) is 0 Å². The van der Waals surface area contributed by atoms with E-state index in [0.29, 0.717) is 0 Å². The Balaban J connectivity index is -0.000000125. The number of alkyl halides is 1. The summed E-state index contributed by atoms with van der Waals surface area (Å²) in [6.45, 7) is 1.41. The van der Waals surface area contributed by atoms with Gasteiger partial charge in [0.05, 0.1) is 0 Å². The van der Waals surface area contributed by atoms with E-state index in [4.69, 9.17) is 16.7 Å². The Hall–Kier alpha value is 1.11. The molecule has 0 bridgehead atoms. The third-order valence-corrected chi connectivity index (χ3v) is 0.527. The van der Waals surface area contributed by atoms with Crippen LogP contribution in [0.4, 0.5) is 0 Å². The number of aliphatic carboxylic acids is 1. The maximum atomic E-state index is 9.57. The first-order valence-corrected chi connectivity index (χ1v) is 1.95. The average molecular weight is 165 g/mol. The molecule has 5 heteroatoms. The SMILES string of the molecule is CC(Cl)C(=O)O.[Na+].[SH-]. The number of carbonyl (C=O) groups is 1. The minimum absolute atomic E-state index is 0. The molecule has 0 aromatic carbocycles. The summed E-state index contributed by atoms with van der Waals surface area (Å²) in [4.78, 5) is 9.57. The molecule has 0 aliphatic carbocycles. The molecule has 0 aromatic rings. The van der Waals surface area contributed by atoms with E-state index in [2.05, 4.69) is 0 Å². The van der Waals surface area contributed by atoms with Crippen LogP contribution in [0.15, 0.2) is 0 Å². The summed E-state index contributed by atoms with van der Waals surface area (Å²) in [5.41, 5.74) is 0. The van der Waals surface area contributed by atoms with Gasteiger partial charge in [-0.25, -0.2) is 0 Å². The Morgan fingerprint density at radius 2 is 1.88 bits per heavy atom. The van der Waals surface area contributed by atoms with Gasteiger partial charge in [0.1, 0.15) is 5.38 Å². The van der Waals surface area contributed by atoms with Crippen molar-refractivity contribution >= 4 is 31.1 Å². The van der Waals surface area contributed by atoms with E-state index >= 15 is 0 Å². The van der Waals surface area contributed by atoms with Gasteiger partial charge in [-0.05, 0) is 6.92 Å². The zero-order valence-electron chi connectivity index (χ0n) is 4.76. The number of hydrogen-bond donors (Lipinski definition) is 1. The molecule has 0 rings (SSSR count). The van der Waals surface area contributed by atoms with Crippen molar-refractivity contribution in [2.24, 2.45) is 0 Å². The third kappa shape index (κ3) is 10.2. The first kappa shape index (κ1) is 16.1. The van der Waals surface area contributed by atoms with Crippen molar-refractivity contribution in [3.63, 3.8) is 0 Å². The smallest absolute Gasteiger partial charge is 0.813 e. The van der Waals surface area contributed by atoms with E-state index in [1.165, 1.54) is 6.92 Å². The number of carboxylic acid groups (broad SMARTS) is 1. The number of halogens is 1. The Labute approximate surface area is 82.3 Å². The van der Waals surface area contributed by atoms with Gasteiger partial charge in [0.15, 0.2) is 0 Å². The Morgan fingerprint density at radius 1 is 1.75 bits per heavy atom.